The Bertz CT molecular complexity index is 516. The molecule has 0 N–H and O–H groups in total. The Morgan fingerprint density at radius 2 is 1.94 bits per heavy atom. The number of hydrogen-bond acceptors (Lipinski definition) is 4. The molecule has 2 aromatic heterocycles. The molecular weight excluding hydrogens is 254 g/mol. The van der Waals surface area contributed by atoms with Crippen molar-refractivity contribution >= 4 is 22.9 Å². The molecule has 90 valence electrons. The number of rotatable bonds is 2. The maximum absolute atomic E-state index is 5.97. The van der Waals surface area contributed by atoms with Crippen LogP contribution in [0.2, 0.25) is 5.15 Å². The molecule has 0 unspecified atom stereocenters. The second-order valence-corrected chi connectivity index (χ2v) is 6.15. The lowest BCUT2D eigenvalue weighted by Crippen LogP contribution is -2.11. The first-order valence-corrected chi connectivity index (χ1v) is 6.63. The normalized spacial score (nSPS) is 11.8. The Balaban J connectivity index is 2.21. The van der Waals surface area contributed by atoms with Gasteiger partial charge in [0, 0.05) is 29.6 Å². The molecule has 17 heavy (non-hydrogen) atoms. The smallest absolute Gasteiger partial charge is 0.150 e. The van der Waals surface area contributed by atoms with Crippen LogP contribution in [-0.4, -0.2) is 15.0 Å². The summed E-state index contributed by atoms with van der Waals surface area (Å²) in [7, 11) is 0. The van der Waals surface area contributed by atoms with Gasteiger partial charge in [-0.15, -0.1) is 11.3 Å². The minimum atomic E-state index is 0.0842. The minimum Gasteiger partial charge on any atom is -0.256 e. The van der Waals surface area contributed by atoms with E-state index in [1.165, 1.54) is 0 Å². The highest BCUT2D eigenvalue weighted by atomic mass is 35.5. The van der Waals surface area contributed by atoms with E-state index in [2.05, 4.69) is 41.1 Å². The molecule has 0 aliphatic rings. The van der Waals surface area contributed by atoms with E-state index in [1.54, 1.807) is 23.7 Å². The highest BCUT2D eigenvalue weighted by Crippen LogP contribution is 2.25. The average Bonchev–Trinajstić information content (AvgIpc) is 2.69. The van der Waals surface area contributed by atoms with Crippen LogP contribution in [0.4, 0.5) is 0 Å². The quantitative estimate of drug-likeness (QED) is 0.836. The highest BCUT2D eigenvalue weighted by molar-refractivity contribution is 7.09. The molecule has 0 amide bonds. The fraction of sp³-hybridized carbons (Fsp3) is 0.417. The fourth-order valence-corrected chi connectivity index (χ4v) is 2.55. The Morgan fingerprint density at radius 3 is 2.53 bits per heavy atom. The van der Waals surface area contributed by atoms with Crippen molar-refractivity contribution in [3.63, 3.8) is 0 Å². The van der Waals surface area contributed by atoms with E-state index < -0.39 is 0 Å². The predicted octanol–water partition coefficient (Wildman–Crippen LogP) is 3.47. The van der Waals surface area contributed by atoms with Crippen molar-refractivity contribution in [2.24, 2.45) is 0 Å². The van der Waals surface area contributed by atoms with E-state index >= 15 is 0 Å². The Kier molecular flexibility index (Phi) is 3.45. The summed E-state index contributed by atoms with van der Waals surface area (Å²) in [5, 5.41) is 3.58. The van der Waals surface area contributed by atoms with E-state index in [1.807, 2.05) is 0 Å². The van der Waals surface area contributed by atoms with Crippen molar-refractivity contribution in [2.45, 2.75) is 32.6 Å². The maximum atomic E-state index is 5.97. The summed E-state index contributed by atoms with van der Waals surface area (Å²) in [5.74, 6) is 0. The highest BCUT2D eigenvalue weighted by Gasteiger charge is 2.18. The van der Waals surface area contributed by atoms with Crippen LogP contribution in [0.3, 0.4) is 0 Å². The zero-order valence-corrected chi connectivity index (χ0v) is 11.6. The van der Waals surface area contributed by atoms with E-state index in [0.29, 0.717) is 11.6 Å². The summed E-state index contributed by atoms with van der Waals surface area (Å²) in [6.07, 6.45) is 3.89. The molecule has 5 heteroatoms. The van der Waals surface area contributed by atoms with Crippen LogP contribution in [0.1, 0.15) is 37.2 Å². The number of aromatic nitrogens is 3. The molecule has 0 aliphatic carbocycles. The monoisotopic (exact) mass is 267 g/mol. The summed E-state index contributed by atoms with van der Waals surface area (Å²) in [5.41, 5.74) is 1.97. The van der Waals surface area contributed by atoms with Gasteiger partial charge in [0.05, 0.1) is 16.4 Å². The van der Waals surface area contributed by atoms with E-state index in [0.717, 1.165) is 16.4 Å². The fourth-order valence-electron chi connectivity index (χ4n) is 1.35. The molecule has 0 saturated heterocycles. The van der Waals surface area contributed by atoms with Gasteiger partial charge in [0.15, 0.2) is 5.15 Å². The zero-order chi connectivity index (χ0) is 12.5. The first-order valence-electron chi connectivity index (χ1n) is 5.37. The van der Waals surface area contributed by atoms with Gasteiger partial charge < -0.3 is 0 Å². The molecule has 0 atom stereocenters. The van der Waals surface area contributed by atoms with Gasteiger partial charge in [-0.2, -0.15) is 0 Å². The lowest BCUT2D eigenvalue weighted by atomic mass is 9.93. The van der Waals surface area contributed by atoms with Gasteiger partial charge in [0.1, 0.15) is 0 Å². The molecule has 0 bridgehead atoms. The second-order valence-electron chi connectivity index (χ2n) is 4.85. The molecule has 2 aromatic rings. The SMILES string of the molecule is CC(C)(C)c1csc(Cc2nccnc2Cl)n1. The topological polar surface area (TPSA) is 38.7 Å². The van der Waals surface area contributed by atoms with Crippen LogP contribution >= 0.6 is 22.9 Å². The molecule has 0 fully saturated rings. The molecule has 3 nitrogen and oxygen atoms in total. The minimum absolute atomic E-state index is 0.0842. The van der Waals surface area contributed by atoms with Gasteiger partial charge in [-0.05, 0) is 0 Å². The molecule has 0 aromatic carbocycles. The van der Waals surface area contributed by atoms with Crippen molar-refractivity contribution < 1.29 is 0 Å². The molecule has 2 heterocycles. The number of hydrogen-bond donors (Lipinski definition) is 0. The van der Waals surface area contributed by atoms with Gasteiger partial charge in [-0.25, -0.2) is 9.97 Å². The second kappa shape index (κ2) is 4.70. The summed E-state index contributed by atoms with van der Waals surface area (Å²) in [4.78, 5) is 12.8. The van der Waals surface area contributed by atoms with Crippen LogP contribution in [-0.2, 0) is 11.8 Å². The van der Waals surface area contributed by atoms with Crippen molar-refractivity contribution in [2.75, 3.05) is 0 Å². The van der Waals surface area contributed by atoms with Crippen LogP contribution in [0, 0.1) is 0 Å². The first kappa shape index (κ1) is 12.5. The van der Waals surface area contributed by atoms with Crippen LogP contribution in [0.15, 0.2) is 17.8 Å². The van der Waals surface area contributed by atoms with Gasteiger partial charge >= 0.3 is 0 Å². The van der Waals surface area contributed by atoms with E-state index in [4.69, 9.17) is 11.6 Å². The van der Waals surface area contributed by atoms with Crippen molar-refractivity contribution in [1.29, 1.82) is 0 Å². The number of thiazole rings is 1. The van der Waals surface area contributed by atoms with Gasteiger partial charge in [0.2, 0.25) is 0 Å². The van der Waals surface area contributed by atoms with Crippen molar-refractivity contribution in [3.05, 3.63) is 39.3 Å². The summed E-state index contributed by atoms with van der Waals surface area (Å²) < 4.78 is 0. The summed E-state index contributed by atoms with van der Waals surface area (Å²) >= 11 is 7.62. The lowest BCUT2D eigenvalue weighted by molar-refractivity contribution is 0.571. The molecule has 0 radical (unpaired) electrons. The molecule has 2 rings (SSSR count). The number of nitrogens with zero attached hydrogens (tertiary/aromatic N) is 3. The van der Waals surface area contributed by atoms with Gasteiger partial charge in [-0.1, -0.05) is 32.4 Å². The third-order valence-electron chi connectivity index (χ3n) is 2.36. The Labute approximate surface area is 110 Å². The largest absolute Gasteiger partial charge is 0.256 e. The molecule has 0 saturated carbocycles. The third-order valence-corrected chi connectivity index (χ3v) is 3.53. The zero-order valence-electron chi connectivity index (χ0n) is 10.1. The standard InChI is InChI=1S/C12H14ClN3S/c1-12(2,3)9-7-17-10(16-9)6-8-11(13)15-5-4-14-8/h4-5,7H,6H2,1-3H3. The average molecular weight is 268 g/mol. The van der Waals surface area contributed by atoms with Crippen molar-refractivity contribution in [3.8, 4) is 0 Å². The maximum Gasteiger partial charge on any atom is 0.150 e. The van der Waals surface area contributed by atoms with E-state index in [9.17, 15) is 0 Å². The van der Waals surface area contributed by atoms with Gasteiger partial charge in [0.25, 0.3) is 0 Å². The number of halogens is 1. The summed E-state index contributed by atoms with van der Waals surface area (Å²) in [6, 6.07) is 0. The first-order chi connectivity index (χ1) is 7.97. The van der Waals surface area contributed by atoms with Crippen LogP contribution in [0.5, 0.6) is 0 Å². The predicted molar refractivity (Wildman–Crippen MR) is 70.7 cm³/mol. The molecular formula is C12H14ClN3S. The van der Waals surface area contributed by atoms with E-state index in [-0.39, 0.29) is 5.41 Å². The van der Waals surface area contributed by atoms with Gasteiger partial charge in [-0.3, -0.25) is 4.98 Å². The Hall–Kier alpha value is -1.000. The lowest BCUT2D eigenvalue weighted by Gasteiger charge is -2.14. The Morgan fingerprint density at radius 1 is 1.24 bits per heavy atom. The molecule has 0 aliphatic heterocycles. The van der Waals surface area contributed by atoms with Crippen LogP contribution < -0.4 is 0 Å². The van der Waals surface area contributed by atoms with Crippen molar-refractivity contribution in [1.82, 2.24) is 15.0 Å². The van der Waals surface area contributed by atoms with Crippen LogP contribution in [0.25, 0.3) is 0 Å². The summed E-state index contributed by atoms with van der Waals surface area (Å²) in [6.45, 7) is 6.46. The molecule has 0 spiro atoms. The third kappa shape index (κ3) is 3.01.